The van der Waals surface area contributed by atoms with Gasteiger partial charge in [0.15, 0.2) is 11.6 Å². The number of anilines is 1. The molecule has 1 N–H and O–H groups in total. The standard InChI is InChI=1S/C35H38F3N7O/c1-22(2)27-10-9-25(5)32(17-27)31-11-8-23(3)14-28(31)21-45(20-26-13-24(4)15-29(16-26)35(36,37)38)34-39-18-30(19-40-34)46-12-6-7-33-41-43-44-42-33/h8-11,13-19,22H,6-7,12,20-21H2,1-5H3,(H,41,42,43,44). The molecule has 0 radical (unpaired) electrons. The maximum absolute atomic E-state index is 13.8. The molecule has 0 spiro atoms. The number of rotatable bonds is 12. The molecule has 0 fully saturated rings. The first-order valence-corrected chi connectivity index (χ1v) is 15.3. The van der Waals surface area contributed by atoms with Gasteiger partial charge in [0.1, 0.15) is 0 Å². The van der Waals surface area contributed by atoms with Crippen LogP contribution in [0.25, 0.3) is 11.1 Å². The predicted octanol–water partition coefficient (Wildman–Crippen LogP) is 7.94. The van der Waals surface area contributed by atoms with Crippen LogP contribution in [0.5, 0.6) is 5.75 Å². The Hall–Kier alpha value is -4.80. The Morgan fingerprint density at radius 3 is 2.35 bits per heavy atom. The second-order valence-corrected chi connectivity index (χ2v) is 11.9. The van der Waals surface area contributed by atoms with Crippen molar-refractivity contribution in [2.24, 2.45) is 0 Å². The third-order valence-corrected chi connectivity index (χ3v) is 7.78. The molecule has 0 unspecified atom stereocenters. The van der Waals surface area contributed by atoms with E-state index >= 15 is 0 Å². The number of ether oxygens (including phenoxy) is 1. The summed E-state index contributed by atoms with van der Waals surface area (Å²) in [6.45, 7) is 11.1. The number of tetrazole rings is 1. The summed E-state index contributed by atoms with van der Waals surface area (Å²) in [7, 11) is 0. The average Bonchev–Trinajstić information content (AvgIpc) is 3.53. The summed E-state index contributed by atoms with van der Waals surface area (Å²) in [5.41, 5.74) is 7.06. The minimum absolute atomic E-state index is 0.175. The lowest BCUT2D eigenvalue weighted by Gasteiger charge is -2.26. The molecule has 11 heteroatoms. The van der Waals surface area contributed by atoms with Crippen LogP contribution < -0.4 is 9.64 Å². The molecule has 0 aliphatic carbocycles. The van der Waals surface area contributed by atoms with Gasteiger partial charge in [0.05, 0.1) is 24.6 Å². The van der Waals surface area contributed by atoms with Crippen molar-refractivity contribution < 1.29 is 17.9 Å². The molecule has 0 saturated carbocycles. The van der Waals surface area contributed by atoms with Crippen molar-refractivity contribution in [3.63, 3.8) is 0 Å². The number of aromatic nitrogens is 6. The zero-order chi connectivity index (χ0) is 32.8. The fourth-order valence-electron chi connectivity index (χ4n) is 5.40. The van der Waals surface area contributed by atoms with Crippen molar-refractivity contribution in [2.75, 3.05) is 11.5 Å². The predicted molar refractivity (Wildman–Crippen MR) is 172 cm³/mol. The largest absolute Gasteiger partial charge is 0.490 e. The molecular formula is C35H38F3N7O. The number of nitrogens with one attached hydrogen (secondary N) is 1. The number of aromatic amines is 1. The van der Waals surface area contributed by atoms with Crippen LogP contribution in [0.15, 0.2) is 67.0 Å². The number of aryl methyl sites for hydroxylation is 4. The minimum Gasteiger partial charge on any atom is -0.490 e. The van der Waals surface area contributed by atoms with E-state index in [0.717, 1.165) is 33.9 Å². The van der Waals surface area contributed by atoms with Gasteiger partial charge in [-0.2, -0.15) is 18.4 Å². The third kappa shape index (κ3) is 8.26. The van der Waals surface area contributed by atoms with Crippen molar-refractivity contribution in [2.45, 2.75) is 72.6 Å². The van der Waals surface area contributed by atoms with Crippen molar-refractivity contribution in [3.05, 3.63) is 112 Å². The Kier molecular flexibility index (Phi) is 9.99. The zero-order valence-electron chi connectivity index (χ0n) is 26.7. The SMILES string of the molecule is Cc1cc(CN(Cc2cc(C)ccc2-c2cc(C(C)C)ccc2C)c2ncc(OCCCc3nn[nH]n3)cn2)cc(C(F)(F)F)c1. The van der Waals surface area contributed by atoms with E-state index in [1.54, 1.807) is 25.4 Å². The highest BCUT2D eigenvalue weighted by atomic mass is 19.4. The number of H-pyrrole nitrogens is 1. The highest BCUT2D eigenvalue weighted by Crippen LogP contribution is 2.34. The van der Waals surface area contributed by atoms with Gasteiger partial charge >= 0.3 is 6.18 Å². The molecule has 46 heavy (non-hydrogen) atoms. The summed E-state index contributed by atoms with van der Waals surface area (Å²) in [6.07, 6.45) is 0.0182. The minimum atomic E-state index is -4.45. The summed E-state index contributed by atoms with van der Waals surface area (Å²) in [5.74, 6) is 1.85. The molecule has 0 aliphatic heterocycles. The highest BCUT2D eigenvalue weighted by Gasteiger charge is 2.31. The first-order valence-electron chi connectivity index (χ1n) is 15.3. The van der Waals surface area contributed by atoms with Crippen LogP contribution in [0, 0.1) is 20.8 Å². The van der Waals surface area contributed by atoms with Crippen molar-refractivity contribution in [1.82, 2.24) is 30.6 Å². The van der Waals surface area contributed by atoms with E-state index in [-0.39, 0.29) is 6.54 Å². The summed E-state index contributed by atoms with van der Waals surface area (Å²) in [5, 5.41) is 13.9. The van der Waals surface area contributed by atoms with Crippen LogP contribution in [0.1, 0.15) is 71.0 Å². The van der Waals surface area contributed by atoms with Crippen LogP contribution in [-0.2, 0) is 25.7 Å². The Morgan fingerprint density at radius 2 is 1.65 bits per heavy atom. The van der Waals surface area contributed by atoms with Gasteiger partial charge in [0.2, 0.25) is 5.95 Å². The number of nitrogens with zero attached hydrogens (tertiary/aromatic N) is 6. The van der Waals surface area contributed by atoms with E-state index in [1.807, 2.05) is 11.8 Å². The molecule has 0 amide bonds. The topological polar surface area (TPSA) is 92.7 Å². The summed E-state index contributed by atoms with van der Waals surface area (Å²) >= 11 is 0. The molecule has 2 heterocycles. The van der Waals surface area contributed by atoms with Crippen LogP contribution in [0.4, 0.5) is 19.1 Å². The summed E-state index contributed by atoms with van der Waals surface area (Å²) in [4.78, 5) is 11.1. The quantitative estimate of drug-likeness (QED) is 0.140. The fourth-order valence-corrected chi connectivity index (χ4v) is 5.40. The van der Waals surface area contributed by atoms with Crippen LogP contribution in [0.2, 0.25) is 0 Å². The van der Waals surface area contributed by atoms with Gasteiger partial charge in [0.25, 0.3) is 0 Å². The lowest BCUT2D eigenvalue weighted by atomic mass is 9.90. The molecule has 0 bridgehead atoms. The van der Waals surface area contributed by atoms with Gasteiger partial charge in [-0.3, -0.25) is 0 Å². The van der Waals surface area contributed by atoms with Gasteiger partial charge in [-0.15, -0.1) is 10.2 Å². The number of alkyl halides is 3. The van der Waals surface area contributed by atoms with Crippen LogP contribution in [0.3, 0.4) is 0 Å². The first-order chi connectivity index (χ1) is 22.0. The lowest BCUT2D eigenvalue weighted by molar-refractivity contribution is -0.137. The van der Waals surface area contributed by atoms with E-state index in [1.165, 1.54) is 11.6 Å². The second-order valence-electron chi connectivity index (χ2n) is 11.9. The second kappa shape index (κ2) is 14.1. The lowest BCUT2D eigenvalue weighted by Crippen LogP contribution is -2.25. The van der Waals surface area contributed by atoms with Gasteiger partial charge in [0, 0.05) is 19.5 Å². The molecule has 2 aromatic heterocycles. The van der Waals surface area contributed by atoms with E-state index < -0.39 is 11.7 Å². The van der Waals surface area contributed by atoms with Gasteiger partial charge in [-0.05, 0) is 78.6 Å². The van der Waals surface area contributed by atoms with Crippen molar-refractivity contribution >= 4 is 5.95 Å². The summed E-state index contributed by atoms with van der Waals surface area (Å²) < 4.78 is 47.1. The molecule has 0 aliphatic rings. The Labute approximate surface area is 267 Å². The third-order valence-electron chi connectivity index (χ3n) is 7.78. The molecule has 8 nitrogen and oxygen atoms in total. The van der Waals surface area contributed by atoms with Crippen molar-refractivity contribution in [1.29, 1.82) is 0 Å². The average molecular weight is 630 g/mol. The van der Waals surface area contributed by atoms with E-state index in [0.29, 0.717) is 60.6 Å². The highest BCUT2D eigenvalue weighted by molar-refractivity contribution is 5.72. The van der Waals surface area contributed by atoms with Crippen molar-refractivity contribution in [3.8, 4) is 16.9 Å². The smallest absolute Gasteiger partial charge is 0.416 e. The maximum atomic E-state index is 13.8. The van der Waals surface area contributed by atoms with E-state index in [2.05, 4.69) is 87.8 Å². The Morgan fingerprint density at radius 1 is 0.870 bits per heavy atom. The zero-order valence-corrected chi connectivity index (χ0v) is 26.7. The molecule has 5 rings (SSSR count). The molecule has 0 atom stereocenters. The molecule has 3 aromatic carbocycles. The maximum Gasteiger partial charge on any atom is 0.416 e. The molecule has 5 aromatic rings. The summed E-state index contributed by atoms with van der Waals surface area (Å²) in [6, 6.07) is 17.0. The first kappa shape index (κ1) is 32.6. The van der Waals surface area contributed by atoms with E-state index in [9.17, 15) is 13.2 Å². The normalized spacial score (nSPS) is 11.7. The Balaban J connectivity index is 1.47. The molecule has 0 saturated heterocycles. The van der Waals surface area contributed by atoms with E-state index in [4.69, 9.17) is 4.74 Å². The Bertz CT molecular complexity index is 1750. The number of benzene rings is 3. The van der Waals surface area contributed by atoms with Crippen LogP contribution in [-0.4, -0.2) is 37.2 Å². The fraction of sp³-hybridized carbons (Fsp3) is 0.343. The number of hydrogen-bond donors (Lipinski definition) is 1. The van der Waals surface area contributed by atoms with Gasteiger partial charge in [-0.1, -0.05) is 72.7 Å². The van der Waals surface area contributed by atoms with Gasteiger partial charge < -0.3 is 9.64 Å². The molecule has 240 valence electrons. The van der Waals surface area contributed by atoms with Crippen LogP contribution >= 0.6 is 0 Å². The molecular weight excluding hydrogens is 591 g/mol. The van der Waals surface area contributed by atoms with Gasteiger partial charge in [-0.25, -0.2) is 9.97 Å². The number of halogens is 3. The monoisotopic (exact) mass is 629 g/mol. The number of hydrogen-bond acceptors (Lipinski definition) is 7.